The Bertz CT molecular complexity index is 716. The zero-order valence-corrected chi connectivity index (χ0v) is 10.9. The SMILES string of the molecule is O=C(Oc1ccc([N+](=O)[O-])c(Cl)c1)c1c(F)cccc1F. The van der Waals surface area contributed by atoms with Gasteiger partial charge in [-0.05, 0) is 18.2 Å². The third-order valence-electron chi connectivity index (χ3n) is 2.49. The highest BCUT2D eigenvalue weighted by Crippen LogP contribution is 2.29. The highest BCUT2D eigenvalue weighted by atomic mass is 35.5. The normalized spacial score (nSPS) is 10.2. The van der Waals surface area contributed by atoms with E-state index in [4.69, 9.17) is 16.3 Å². The van der Waals surface area contributed by atoms with Crippen LogP contribution in [0.1, 0.15) is 10.4 Å². The van der Waals surface area contributed by atoms with Crippen molar-refractivity contribution in [3.05, 3.63) is 68.7 Å². The van der Waals surface area contributed by atoms with E-state index in [2.05, 4.69) is 0 Å². The first-order chi connectivity index (χ1) is 9.90. The van der Waals surface area contributed by atoms with E-state index in [1.165, 1.54) is 0 Å². The molecule has 0 radical (unpaired) electrons. The average molecular weight is 314 g/mol. The summed E-state index contributed by atoms with van der Waals surface area (Å²) >= 11 is 5.64. The van der Waals surface area contributed by atoms with Crippen molar-refractivity contribution in [1.82, 2.24) is 0 Å². The van der Waals surface area contributed by atoms with Crippen LogP contribution < -0.4 is 4.74 Å². The van der Waals surface area contributed by atoms with Crippen LogP contribution in [0.5, 0.6) is 5.75 Å². The van der Waals surface area contributed by atoms with Crippen molar-refractivity contribution in [2.24, 2.45) is 0 Å². The molecule has 5 nitrogen and oxygen atoms in total. The lowest BCUT2D eigenvalue weighted by atomic mass is 10.2. The number of rotatable bonds is 3. The Kier molecular flexibility index (Phi) is 4.13. The van der Waals surface area contributed by atoms with Crippen LogP contribution in [-0.2, 0) is 0 Å². The molecule has 108 valence electrons. The zero-order valence-electron chi connectivity index (χ0n) is 10.2. The molecule has 0 unspecified atom stereocenters. The molecule has 2 aromatic carbocycles. The molecule has 0 atom stereocenters. The molecule has 2 rings (SSSR count). The van der Waals surface area contributed by atoms with Gasteiger partial charge < -0.3 is 4.74 Å². The smallest absolute Gasteiger partial charge is 0.349 e. The second kappa shape index (κ2) is 5.84. The van der Waals surface area contributed by atoms with Crippen molar-refractivity contribution in [2.75, 3.05) is 0 Å². The number of benzene rings is 2. The summed E-state index contributed by atoms with van der Waals surface area (Å²) in [5, 5.41) is 10.3. The quantitative estimate of drug-likeness (QED) is 0.374. The molecule has 0 N–H and O–H groups in total. The third-order valence-corrected chi connectivity index (χ3v) is 2.80. The number of carbonyl (C=O) groups is 1. The second-order valence-electron chi connectivity index (χ2n) is 3.86. The number of hydrogen-bond acceptors (Lipinski definition) is 4. The predicted molar refractivity (Wildman–Crippen MR) is 69.4 cm³/mol. The van der Waals surface area contributed by atoms with E-state index in [1.54, 1.807) is 0 Å². The number of ether oxygens (including phenoxy) is 1. The highest BCUT2D eigenvalue weighted by Gasteiger charge is 2.20. The number of nitrogens with zero attached hydrogens (tertiary/aromatic N) is 1. The molecule has 0 fully saturated rings. The number of carbonyl (C=O) groups excluding carboxylic acids is 1. The van der Waals surface area contributed by atoms with Gasteiger partial charge in [-0.25, -0.2) is 13.6 Å². The molecule has 0 saturated carbocycles. The first kappa shape index (κ1) is 14.9. The number of nitro benzene ring substituents is 1. The van der Waals surface area contributed by atoms with E-state index in [9.17, 15) is 23.7 Å². The lowest BCUT2D eigenvalue weighted by molar-refractivity contribution is -0.384. The molecular formula is C13H6ClF2NO4. The van der Waals surface area contributed by atoms with Crippen molar-refractivity contribution in [1.29, 1.82) is 0 Å². The summed E-state index contributed by atoms with van der Waals surface area (Å²) < 4.78 is 31.5. The Labute approximate surface area is 121 Å². The number of nitro groups is 1. The van der Waals surface area contributed by atoms with Gasteiger partial charge in [-0.15, -0.1) is 0 Å². The highest BCUT2D eigenvalue weighted by molar-refractivity contribution is 6.32. The molecule has 21 heavy (non-hydrogen) atoms. The number of halogens is 3. The van der Waals surface area contributed by atoms with Crippen LogP contribution in [0.3, 0.4) is 0 Å². The van der Waals surface area contributed by atoms with Crippen molar-refractivity contribution in [3.8, 4) is 5.75 Å². The number of esters is 1. The van der Waals surface area contributed by atoms with Gasteiger partial charge in [0.15, 0.2) is 0 Å². The van der Waals surface area contributed by atoms with Gasteiger partial charge in [-0.2, -0.15) is 0 Å². The van der Waals surface area contributed by atoms with Gasteiger partial charge in [0.05, 0.1) is 4.92 Å². The van der Waals surface area contributed by atoms with Crippen LogP contribution in [0.2, 0.25) is 5.02 Å². The lowest BCUT2D eigenvalue weighted by Crippen LogP contribution is -2.13. The Morgan fingerprint density at radius 2 is 1.81 bits per heavy atom. The van der Waals surface area contributed by atoms with Crippen molar-refractivity contribution in [3.63, 3.8) is 0 Å². The van der Waals surface area contributed by atoms with Gasteiger partial charge in [0, 0.05) is 12.1 Å². The predicted octanol–water partition coefficient (Wildman–Crippen LogP) is 3.75. The summed E-state index contributed by atoms with van der Waals surface area (Å²) in [6.07, 6.45) is 0. The van der Waals surface area contributed by atoms with Gasteiger partial charge in [0.1, 0.15) is 28.0 Å². The van der Waals surface area contributed by atoms with E-state index < -0.39 is 28.1 Å². The van der Waals surface area contributed by atoms with Crippen LogP contribution in [0, 0.1) is 21.7 Å². The first-order valence-electron chi connectivity index (χ1n) is 5.50. The molecule has 0 saturated heterocycles. The van der Waals surface area contributed by atoms with Crippen molar-refractivity contribution < 1.29 is 23.2 Å². The van der Waals surface area contributed by atoms with Gasteiger partial charge in [-0.3, -0.25) is 10.1 Å². The van der Waals surface area contributed by atoms with Crippen LogP contribution in [-0.4, -0.2) is 10.9 Å². The van der Waals surface area contributed by atoms with Crippen molar-refractivity contribution >= 4 is 23.3 Å². The van der Waals surface area contributed by atoms with E-state index in [-0.39, 0.29) is 16.5 Å². The molecule has 0 heterocycles. The topological polar surface area (TPSA) is 69.4 Å². The first-order valence-corrected chi connectivity index (χ1v) is 5.88. The third kappa shape index (κ3) is 3.14. The summed E-state index contributed by atoms with van der Waals surface area (Å²) in [7, 11) is 0. The Morgan fingerprint density at radius 1 is 1.19 bits per heavy atom. The summed E-state index contributed by atoms with van der Waals surface area (Å²) in [5.41, 5.74) is -1.24. The van der Waals surface area contributed by atoms with Gasteiger partial charge in [-0.1, -0.05) is 17.7 Å². The monoisotopic (exact) mass is 313 g/mol. The fourth-order valence-electron chi connectivity index (χ4n) is 1.55. The van der Waals surface area contributed by atoms with E-state index >= 15 is 0 Å². The lowest BCUT2D eigenvalue weighted by Gasteiger charge is -2.06. The standard InChI is InChI=1S/C13H6ClF2NO4/c14-8-6-7(4-5-11(8)17(19)20)21-13(18)12-9(15)2-1-3-10(12)16/h1-6H. The van der Waals surface area contributed by atoms with E-state index in [0.717, 1.165) is 36.4 Å². The van der Waals surface area contributed by atoms with Gasteiger partial charge in [0.2, 0.25) is 0 Å². The minimum Gasteiger partial charge on any atom is -0.423 e. The van der Waals surface area contributed by atoms with Crippen molar-refractivity contribution in [2.45, 2.75) is 0 Å². The Hall–Kier alpha value is -2.54. The fraction of sp³-hybridized carbons (Fsp3) is 0. The van der Waals surface area contributed by atoms with Crippen LogP contribution >= 0.6 is 11.6 Å². The minimum atomic E-state index is -1.27. The Morgan fingerprint density at radius 3 is 2.33 bits per heavy atom. The molecule has 8 heteroatoms. The molecule has 0 aliphatic rings. The zero-order chi connectivity index (χ0) is 15.6. The maximum atomic E-state index is 13.4. The molecule has 0 aromatic heterocycles. The van der Waals surface area contributed by atoms with Crippen LogP contribution in [0.15, 0.2) is 36.4 Å². The molecule has 0 spiro atoms. The molecule has 0 aliphatic heterocycles. The van der Waals surface area contributed by atoms with E-state index in [0.29, 0.717) is 0 Å². The largest absolute Gasteiger partial charge is 0.423 e. The summed E-state index contributed by atoms with van der Waals surface area (Å²) in [6.45, 7) is 0. The molecule has 0 bridgehead atoms. The average Bonchev–Trinajstić information content (AvgIpc) is 2.37. The summed E-state index contributed by atoms with van der Waals surface area (Å²) in [4.78, 5) is 21.6. The van der Waals surface area contributed by atoms with E-state index in [1.807, 2.05) is 0 Å². The maximum Gasteiger partial charge on any atom is 0.349 e. The molecular weight excluding hydrogens is 308 g/mol. The molecule has 0 amide bonds. The number of hydrogen-bond donors (Lipinski definition) is 0. The maximum absolute atomic E-state index is 13.4. The summed E-state index contributed by atoms with van der Waals surface area (Å²) in [5.74, 6) is -3.59. The fourth-order valence-corrected chi connectivity index (χ4v) is 1.79. The Balaban J connectivity index is 2.28. The van der Waals surface area contributed by atoms with Crippen LogP contribution in [0.25, 0.3) is 0 Å². The molecule has 0 aliphatic carbocycles. The van der Waals surface area contributed by atoms with Gasteiger partial charge >= 0.3 is 5.97 Å². The van der Waals surface area contributed by atoms with Crippen LogP contribution in [0.4, 0.5) is 14.5 Å². The second-order valence-corrected chi connectivity index (χ2v) is 4.26. The summed E-state index contributed by atoms with van der Waals surface area (Å²) in [6, 6.07) is 6.04. The minimum absolute atomic E-state index is 0.168. The van der Waals surface area contributed by atoms with Gasteiger partial charge in [0.25, 0.3) is 5.69 Å². The molecule has 2 aromatic rings.